The lowest BCUT2D eigenvalue weighted by atomic mass is 9.90. The van der Waals surface area contributed by atoms with Crippen LogP contribution in [0.4, 0.5) is 13.2 Å². The summed E-state index contributed by atoms with van der Waals surface area (Å²) in [5.74, 6) is -4.10. The molecule has 2 N–H and O–H groups in total. The third-order valence-corrected chi connectivity index (χ3v) is 7.99. The van der Waals surface area contributed by atoms with Crippen LogP contribution < -0.4 is 5.73 Å². The molecule has 1 aliphatic rings. The first kappa shape index (κ1) is 21.9. The van der Waals surface area contributed by atoms with Gasteiger partial charge in [-0.15, -0.1) is 0 Å². The van der Waals surface area contributed by atoms with Crippen molar-refractivity contribution in [1.29, 1.82) is 0 Å². The number of Topliss-reactive ketones (excluding diaryl/α,β-unsaturated/α-hetero) is 1. The highest BCUT2D eigenvalue weighted by molar-refractivity contribution is 7.93. The summed E-state index contributed by atoms with van der Waals surface area (Å²) >= 11 is 0. The van der Waals surface area contributed by atoms with Crippen molar-refractivity contribution in [3.05, 3.63) is 64.7 Å². The molecule has 0 aliphatic carbocycles. The molecule has 0 saturated carbocycles. The zero-order chi connectivity index (χ0) is 22.5. The van der Waals surface area contributed by atoms with Crippen LogP contribution >= 0.6 is 0 Å². The van der Waals surface area contributed by atoms with Gasteiger partial charge in [0.25, 0.3) is 0 Å². The van der Waals surface area contributed by atoms with Gasteiger partial charge in [-0.2, -0.15) is 0 Å². The summed E-state index contributed by atoms with van der Waals surface area (Å²) in [7, 11) is -3.76. The molecule has 1 aromatic carbocycles. The molecule has 0 bridgehead atoms. The Kier molecular flexibility index (Phi) is 5.26. The van der Waals surface area contributed by atoms with Crippen LogP contribution in [0.5, 0.6) is 0 Å². The van der Waals surface area contributed by atoms with Crippen molar-refractivity contribution in [3.8, 4) is 0 Å². The van der Waals surface area contributed by atoms with E-state index in [0.717, 1.165) is 12.3 Å². The zero-order valence-corrected chi connectivity index (χ0v) is 17.4. The maximum atomic E-state index is 14.6. The normalized spacial score (nSPS) is 22.4. The molecule has 1 atom stereocenters. The fourth-order valence-electron chi connectivity index (χ4n) is 3.26. The maximum Gasteiger partial charge on any atom is 0.188 e. The van der Waals surface area contributed by atoms with Gasteiger partial charge in [0.2, 0.25) is 0 Å². The topological polar surface area (TPSA) is 102 Å². The Morgan fingerprint density at radius 1 is 1.13 bits per heavy atom. The molecular weight excluding hydrogens is 419 g/mol. The molecule has 1 aliphatic heterocycles. The molecule has 0 saturated heterocycles. The van der Waals surface area contributed by atoms with Gasteiger partial charge in [0.1, 0.15) is 33.4 Å². The van der Waals surface area contributed by atoms with Crippen molar-refractivity contribution in [2.45, 2.75) is 37.5 Å². The van der Waals surface area contributed by atoms with Crippen molar-refractivity contribution >= 4 is 21.5 Å². The molecule has 3 rings (SSSR count). The Labute approximate surface area is 172 Å². The average Bonchev–Trinajstić information content (AvgIpc) is 2.61. The molecule has 10 heteroatoms. The minimum absolute atomic E-state index is 0.0534. The van der Waals surface area contributed by atoms with Crippen molar-refractivity contribution in [3.63, 3.8) is 0 Å². The van der Waals surface area contributed by atoms with Gasteiger partial charge in [-0.25, -0.2) is 26.6 Å². The van der Waals surface area contributed by atoms with Gasteiger partial charge in [-0.3, -0.25) is 9.79 Å². The number of halogens is 3. The first-order chi connectivity index (χ1) is 13.8. The number of ketones is 1. The average molecular weight is 439 g/mol. The van der Waals surface area contributed by atoms with Crippen molar-refractivity contribution in [2.24, 2.45) is 10.7 Å². The molecule has 1 aromatic heterocycles. The smallest absolute Gasteiger partial charge is 0.188 e. The van der Waals surface area contributed by atoms with Gasteiger partial charge in [0.05, 0.1) is 11.9 Å². The SMILES string of the molecule is CC1(C)C(N)=N[C@](C)(c2cc(CC(=O)c3ncc(F)cc3F)ccc2F)CS1(=O)=O. The second-order valence-electron chi connectivity index (χ2n) is 7.94. The number of carbonyl (C=O) groups is 1. The molecule has 2 heterocycles. The summed E-state index contributed by atoms with van der Waals surface area (Å²) in [6.45, 7) is 4.30. The van der Waals surface area contributed by atoms with Crippen molar-refractivity contribution < 1.29 is 26.4 Å². The number of aliphatic imine (C=N–C) groups is 1. The number of hydrogen-bond acceptors (Lipinski definition) is 6. The van der Waals surface area contributed by atoms with Crippen molar-refractivity contribution in [1.82, 2.24) is 4.98 Å². The molecule has 0 unspecified atom stereocenters. The number of nitrogens with zero attached hydrogens (tertiary/aromatic N) is 2. The number of amidine groups is 1. The number of hydrogen-bond donors (Lipinski definition) is 1. The number of benzene rings is 1. The second kappa shape index (κ2) is 7.19. The predicted molar refractivity (Wildman–Crippen MR) is 105 cm³/mol. The van der Waals surface area contributed by atoms with E-state index in [0.29, 0.717) is 11.6 Å². The summed E-state index contributed by atoms with van der Waals surface area (Å²) < 4.78 is 65.5. The Morgan fingerprint density at radius 3 is 2.40 bits per heavy atom. The molecule has 160 valence electrons. The van der Waals surface area contributed by atoms with Crippen LogP contribution in [0.15, 0.2) is 35.5 Å². The lowest BCUT2D eigenvalue weighted by molar-refractivity contribution is 0.0983. The highest BCUT2D eigenvalue weighted by Crippen LogP contribution is 2.38. The highest BCUT2D eigenvalue weighted by Gasteiger charge is 2.49. The molecule has 0 amide bonds. The Bertz CT molecular complexity index is 1180. The van der Waals surface area contributed by atoms with E-state index in [1.807, 2.05) is 0 Å². The molecule has 0 fully saturated rings. The summed E-state index contributed by atoms with van der Waals surface area (Å²) in [6.07, 6.45) is 0.371. The van der Waals surface area contributed by atoms with E-state index in [9.17, 15) is 26.4 Å². The van der Waals surface area contributed by atoms with Crippen LogP contribution in [0.1, 0.15) is 42.4 Å². The van der Waals surface area contributed by atoms with E-state index < -0.39 is 54.8 Å². The zero-order valence-electron chi connectivity index (χ0n) is 16.5. The minimum Gasteiger partial charge on any atom is -0.386 e. The molecule has 6 nitrogen and oxygen atoms in total. The fourth-order valence-corrected chi connectivity index (χ4v) is 4.95. The lowest BCUT2D eigenvalue weighted by Crippen LogP contribution is -2.55. The van der Waals surface area contributed by atoms with Gasteiger partial charge in [0, 0.05) is 18.1 Å². The van der Waals surface area contributed by atoms with Gasteiger partial charge < -0.3 is 5.73 Å². The lowest BCUT2D eigenvalue weighted by Gasteiger charge is -2.38. The van der Waals surface area contributed by atoms with Crippen LogP contribution in [0.3, 0.4) is 0 Å². The van der Waals surface area contributed by atoms with Gasteiger partial charge in [0.15, 0.2) is 21.4 Å². The first-order valence-corrected chi connectivity index (χ1v) is 10.6. The minimum atomic E-state index is -3.76. The Morgan fingerprint density at radius 2 is 1.80 bits per heavy atom. The van der Waals surface area contributed by atoms with E-state index >= 15 is 0 Å². The van der Waals surface area contributed by atoms with Crippen molar-refractivity contribution in [2.75, 3.05) is 5.75 Å². The monoisotopic (exact) mass is 439 g/mol. The molecule has 0 radical (unpaired) electrons. The third kappa shape index (κ3) is 3.71. The van der Waals surface area contributed by atoms with Gasteiger partial charge in [-0.05, 0) is 38.5 Å². The summed E-state index contributed by atoms with van der Waals surface area (Å²) in [5.41, 5.74) is 4.08. The molecule has 30 heavy (non-hydrogen) atoms. The molecular formula is C20H20F3N3O3S. The number of nitrogens with two attached hydrogens (primary N) is 1. The standard InChI is InChI=1S/C20H20F3N3O3S/c1-19(2)18(24)26-20(3,10-30(19,28)29)13-6-11(4-5-14(13)22)7-16(27)17-15(23)8-12(21)9-25-17/h4-6,8-9H,7,10H2,1-3H3,(H2,24,26)/t20-/m0/s1. The van der Waals surface area contributed by atoms with Crippen LogP contribution in [0.25, 0.3) is 0 Å². The maximum absolute atomic E-state index is 14.6. The summed E-state index contributed by atoms with van der Waals surface area (Å²) in [4.78, 5) is 20.1. The number of sulfone groups is 1. The third-order valence-electron chi connectivity index (χ3n) is 5.28. The molecule has 0 spiro atoms. The van der Waals surface area contributed by atoms with E-state index in [4.69, 9.17) is 5.73 Å². The fraction of sp³-hybridized carbons (Fsp3) is 0.350. The highest BCUT2D eigenvalue weighted by atomic mass is 32.2. The number of pyridine rings is 1. The second-order valence-corrected chi connectivity index (χ2v) is 10.5. The van der Waals surface area contributed by atoms with Crippen LogP contribution in [-0.2, 0) is 21.8 Å². The number of carbonyl (C=O) groups excluding carboxylic acids is 1. The van der Waals surface area contributed by atoms with E-state index in [1.165, 1.54) is 32.9 Å². The van der Waals surface area contributed by atoms with Crippen LogP contribution in [0, 0.1) is 17.5 Å². The summed E-state index contributed by atoms with van der Waals surface area (Å²) in [5, 5.41) is 0. The first-order valence-electron chi connectivity index (χ1n) is 8.98. The van der Waals surface area contributed by atoms with Crippen LogP contribution in [-0.4, -0.2) is 35.5 Å². The van der Waals surface area contributed by atoms with Gasteiger partial charge >= 0.3 is 0 Å². The predicted octanol–water partition coefficient (Wildman–Crippen LogP) is 2.70. The summed E-state index contributed by atoms with van der Waals surface area (Å²) in [6, 6.07) is 4.24. The van der Waals surface area contributed by atoms with E-state index in [-0.39, 0.29) is 17.8 Å². The Balaban J connectivity index is 2.00. The Hall–Kier alpha value is -2.75. The van der Waals surface area contributed by atoms with E-state index in [1.54, 1.807) is 0 Å². The quantitative estimate of drug-likeness (QED) is 0.738. The van der Waals surface area contributed by atoms with E-state index in [2.05, 4.69) is 9.98 Å². The molecule has 2 aromatic rings. The number of aromatic nitrogens is 1. The largest absolute Gasteiger partial charge is 0.386 e. The van der Waals surface area contributed by atoms with Crippen LogP contribution in [0.2, 0.25) is 0 Å². The number of rotatable bonds is 4. The van der Waals surface area contributed by atoms with Gasteiger partial charge in [-0.1, -0.05) is 6.07 Å².